The highest BCUT2D eigenvalue weighted by Gasteiger charge is 2.42. The van der Waals surface area contributed by atoms with Gasteiger partial charge in [0.25, 0.3) is 0 Å². The van der Waals surface area contributed by atoms with E-state index in [2.05, 4.69) is 5.32 Å². The first-order valence-corrected chi connectivity index (χ1v) is 6.57. The summed E-state index contributed by atoms with van der Waals surface area (Å²) in [6.07, 6.45) is 5.30. The smallest absolute Gasteiger partial charge is 0.308 e. The molecule has 0 aromatic rings. The molecule has 1 rings (SSSR count). The van der Waals surface area contributed by atoms with Gasteiger partial charge < -0.3 is 10.4 Å². The van der Waals surface area contributed by atoms with E-state index < -0.39 is 11.9 Å². The van der Waals surface area contributed by atoms with Crippen LogP contribution in [0.5, 0.6) is 0 Å². The van der Waals surface area contributed by atoms with Gasteiger partial charge in [0.2, 0.25) is 5.91 Å². The molecule has 0 aliphatic heterocycles. The molecule has 2 N–H and O–H groups in total. The number of carbonyl (C=O) groups is 2. The van der Waals surface area contributed by atoms with Crippen LogP contribution >= 0.6 is 0 Å². The minimum absolute atomic E-state index is 0.0496. The molecule has 0 saturated heterocycles. The van der Waals surface area contributed by atoms with Crippen LogP contribution in [0.3, 0.4) is 0 Å². The van der Waals surface area contributed by atoms with Gasteiger partial charge in [0.05, 0.1) is 5.92 Å². The Hall–Kier alpha value is -1.06. The highest BCUT2D eigenvalue weighted by Crippen LogP contribution is 2.43. The quantitative estimate of drug-likeness (QED) is 0.718. The average Bonchev–Trinajstić information content (AvgIpc) is 2.23. The Morgan fingerprint density at radius 3 is 2.35 bits per heavy atom. The predicted molar refractivity (Wildman–Crippen MR) is 65.6 cm³/mol. The van der Waals surface area contributed by atoms with Crippen LogP contribution in [0.15, 0.2) is 0 Å². The molecule has 1 atom stereocenters. The van der Waals surface area contributed by atoms with Gasteiger partial charge in [-0.25, -0.2) is 0 Å². The second kappa shape index (κ2) is 6.03. The van der Waals surface area contributed by atoms with E-state index in [0.29, 0.717) is 6.42 Å². The number of aliphatic carboxylic acids is 1. The zero-order valence-electron chi connectivity index (χ0n) is 10.8. The van der Waals surface area contributed by atoms with E-state index in [1.54, 1.807) is 0 Å². The SMILES string of the molecule is CCCC(CNC(=O)C1(CC)CCC1)C(=O)O. The molecular formula is C13H23NO3. The number of hydrogen-bond acceptors (Lipinski definition) is 2. The van der Waals surface area contributed by atoms with Crippen LogP contribution in [0.1, 0.15) is 52.4 Å². The molecule has 0 radical (unpaired) electrons. The van der Waals surface area contributed by atoms with E-state index in [-0.39, 0.29) is 17.9 Å². The molecule has 0 bridgehead atoms. The predicted octanol–water partition coefficient (Wildman–Crippen LogP) is 2.18. The molecule has 1 aliphatic carbocycles. The van der Waals surface area contributed by atoms with E-state index in [9.17, 15) is 9.59 Å². The first kappa shape index (κ1) is 14.0. The normalized spacial score (nSPS) is 19.2. The van der Waals surface area contributed by atoms with Crippen LogP contribution in [0, 0.1) is 11.3 Å². The van der Waals surface area contributed by atoms with Crippen molar-refractivity contribution >= 4 is 11.9 Å². The van der Waals surface area contributed by atoms with Gasteiger partial charge in [-0.1, -0.05) is 26.7 Å². The summed E-state index contributed by atoms with van der Waals surface area (Å²) in [4.78, 5) is 23.0. The van der Waals surface area contributed by atoms with Crippen molar-refractivity contribution < 1.29 is 14.7 Å². The summed E-state index contributed by atoms with van der Waals surface area (Å²) in [5.41, 5.74) is -0.199. The maximum atomic E-state index is 12.0. The first-order valence-electron chi connectivity index (χ1n) is 6.57. The Morgan fingerprint density at radius 1 is 1.35 bits per heavy atom. The molecule has 17 heavy (non-hydrogen) atoms. The maximum absolute atomic E-state index is 12.0. The molecule has 1 fully saturated rings. The molecule has 1 saturated carbocycles. The number of hydrogen-bond donors (Lipinski definition) is 2. The van der Waals surface area contributed by atoms with Crippen molar-refractivity contribution in [3.05, 3.63) is 0 Å². The summed E-state index contributed by atoms with van der Waals surface area (Å²) in [6, 6.07) is 0. The summed E-state index contributed by atoms with van der Waals surface area (Å²) in [6.45, 7) is 4.25. The van der Waals surface area contributed by atoms with Crippen molar-refractivity contribution in [1.82, 2.24) is 5.32 Å². The summed E-state index contributed by atoms with van der Waals surface area (Å²) >= 11 is 0. The van der Waals surface area contributed by atoms with Crippen LogP contribution in [0.2, 0.25) is 0 Å². The Kier molecular flexibility index (Phi) is 4.97. The second-order valence-electron chi connectivity index (χ2n) is 5.02. The van der Waals surface area contributed by atoms with Gasteiger partial charge in [0.1, 0.15) is 0 Å². The van der Waals surface area contributed by atoms with Crippen molar-refractivity contribution in [2.24, 2.45) is 11.3 Å². The number of carbonyl (C=O) groups excluding carboxylic acids is 1. The van der Waals surface area contributed by atoms with Gasteiger partial charge in [-0.15, -0.1) is 0 Å². The van der Waals surface area contributed by atoms with Gasteiger partial charge >= 0.3 is 5.97 Å². The zero-order valence-corrected chi connectivity index (χ0v) is 10.8. The minimum atomic E-state index is -0.814. The highest BCUT2D eigenvalue weighted by molar-refractivity contribution is 5.84. The fraction of sp³-hybridized carbons (Fsp3) is 0.846. The Morgan fingerprint density at radius 2 is 2.00 bits per heavy atom. The average molecular weight is 241 g/mol. The minimum Gasteiger partial charge on any atom is -0.481 e. The van der Waals surface area contributed by atoms with Crippen LogP contribution < -0.4 is 5.32 Å². The van der Waals surface area contributed by atoms with E-state index in [1.807, 2.05) is 13.8 Å². The molecular weight excluding hydrogens is 218 g/mol. The molecule has 98 valence electrons. The summed E-state index contributed by atoms with van der Waals surface area (Å²) in [5, 5.41) is 11.8. The fourth-order valence-corrected chi connectivity index (χ4v) is 2.41. The molecule has 0 aromatic heterocycles. The van der Waals surface area contributed by atoms with E-state index >= 15 is 0 Å². The standard InChI is InChI=1S/C13H23NO3/c1-3-6-10(11(15)16)9-14-12(17)13(4-2)7-5-8-13/h10H,3-9H2,1-2H3,(H,14,17)(H,15,16). The molecule has 0 heterocycles. The van der Waals surface area contributed by atoms with Gasteiger partial charge in [-0.2, -0.15) is 0 Å². The Labute approximate surface area is 103 Å². The maximum Gasteiger partial charge on any atom is 0.308 e. The Bertz CT molecular complexity index is 279. The highest BCUT2D eigenvalue weighted by atomic mass is 16.4. The molecule has 4 nitrogen and oxygen atoms in total. The number of carboxylic acid groups (broad SMARTS) is 1. The van der Waals surface area contributed by atoms with E-state index in [4.69, 9.17) is 5.11 Å². The van der Waals surface area contributed by atoms with Crippen molar-refractivity contribution in [3.8, 4) is 0 Å². The zero-order chi connectivity index (χ0) is 12.9. The molecule has 1 aliphatic rings. The van der Waals surface area contributed by atoms with Crippen LogP contribution in [-0.2, 0) is 9.59 Å². The number of carboxylic acids is 1. The first-order chi connectivity index (χ1) is 8.05. The lowest BCUT2D eigenvalue weighted by atomic mass is 9.66. The molecule has 1 amide bonds. The number of amides is 1. The second-order valence-corrected chi connectivity index (χ2v) is 5.02. The summed E-state index contributed by atoms with van der Waals surface area (Å²) in [7, 11) is 0. The lowest BCUT2D eigenvalue weighted by molar-refractivity contribution is -0.142. The van der Waals surface area contributed by atoms with Crippen molar-refractivity contribution in [2.75, 3.05) is 6.54 Å². The van der Waals surface area contributed by atoms with E-state index in [0.717, 1.165) is 32.1 Å². The van der Waals surface area contributed by atoms with Gasteiger partial charge in [-0.3, -0.25) is 9.59 Å². The van der Waals surface area contributed by atoms with Gasteiger partial charge in [0.15, 0.2) is 0 Å². The summed E-state index contributed by atoms with van der Waals surface area (Å²) < 4.78 is 0. The number of nitrogens with one attached hydrogen (secondary N) is 1. The molecule has 4 heteroatoms. The van der Waals surface area contributed by atoms with Crippen LogP contribution in [0.4, 0.5) is 0 Å². The largest absolute Gasteiger partial charge is 0.481 e. The van der Waals surface area contributed by atoms with Crippen LogP contribution in [0.25, 0.3) is 0 Å². The van der Waals surface area contributed by atoms with Crippen molar-refractivity contribution in [2.45, 2.75) is 52.4 Å². The van der Waals surface area contributed by atoms with Gasteiger partial charge in [-0.05, 0) is 25.7 Å². The monoisotopic (exact) mass is 241 g/mol. The lowest BCUT2D eigenvalue weighted by Crippen LogP contribution is -2.47. The molecule has 0 spiro atoms. The fourth-order valence-electron chi connectivity index (χ4n) is 2.41. The third-order valence-electron chi connectivity index (χ3n) is 3.96. The van der Waals surface area contributed by atoms with Crippen LogP contribution in [-0.4, -0.2) is 23.5 Å². The number of rotatable bonds is 7. The van der Waals surface area contributed by atoms with E-state index in [1.165, 1.54) is 0 Å². The molecule has 0 aromatic carbocycles. The molecule has 1 unspecified atom stereocenters. The third-order valence-corrected chi connectivity index (χ3v) is 3.96. The summed E-state index contributed by atoms with van der Waals surface area (Å²) in [5.74, 6) is -1.21. The lowest BCUT2D eigenvalue weighted by Gasteiger charge is -2.39. The topological polar surface area (TPSA) is 66.4 Å². The van der Waals surface area contributed by atoms with Crippen molar-refractivity contribution in [1.29, 1.82) is 0 Å². The Balaban J connectivity index is 2.43. The third kappa shape index (κ3) is 3.20. The van der Waals surface area contributed by atoms with Crippen molar-refractivity contribution in [3.63, 3.8) is 0 Å². The van der Waals surface area contributed by atoms with Gasteiger partial charge in [0, 0.05) is 12.0 Å².